The van der Waals surface area contributed by atoms with Gasteiger partial charge in [-0.05, 0) is 37.1 Å². The largest absolute Gasteiger partial charge is 0.496 e. The number of hydrogen-bond donors (Lipinski definition) is 0. The van der Waals surface area contributed by atoms with Crippen molar-refractivity contribution >= 4 is 0 Å². The van der Waals surface area contributed by atoms with Gasteiger partial charge >= 0.3 is 0 Å². The van der Waals surface area contributed by atoms with Crippen molar-refractivity contribution in [2.24, 2.45) is 0 Å². The summed E-state index contributed by atoms with van der Waals surface area (Å²) in [5.74, 6) is 1.95. The summed E-state index contributed by atoms with van der Waals surface area (Å²) >= 11 is 0. The lowest BCUT2D eigenvalue weighted by atomic mass is 9.79. The van der Waals surface area contributed by atoms with Crippen LogP contribution in [-0.2, 0) is 13.0 Å². The molecule has 1 unspecified atom stereocenters. The monoisotopic (exact) mass is 323 g/mol. The zero-order valence-corrected chi connectivity index (χ0v) is 14.3. The van der Waals surface area contributed by atoms with E-state index in [1.54, 1.807) is 7.11 Å². The van der Waals surface area contributed by atoms with Crippen LogP contribution >= 0.6 is 0 Å². The zero-order valence-electron chi connectivity index (χ0n) is 14.3. The number of benzene rings is 2. The molecule has 0 aromatic heterocycles. The molecule has 126 valence electrons. The summed E-state index contributed by atoms with van der Waals surface area (Å²) in [4.78, 5) is 2.64. The van der Waals surface area contributed by atoms with Crippen LogP contribution in [0.4, 0.5) is 0 Å². The molecule has 3 heteroatoms. The predicted molar refractivity (Wildman–Crippen MR) is 95.6 cm³/mol. The molecule has 1 spiro atoms. The fourth-order valence-corrected chi connectivity index (χ4v) is 4.20. The summed E-state index contributed by atoms with van der Waals surface area (Å²) in [5, 5.41) is 0. The Labute approximate surface area is 144 Å². The summed E-state index contributed by atoms with van der Waals surface area (Å²) in [6, 6.07) is 16.9. The van der Waals surface area contributed by atoms with Crippen molar-refractivity contribution < 1.29 is 9.47 Å². The van der Waals surface area contributed by atoms with Gasteiger partial charge in [0, 0.05) is 18.5 Å². The van der Waals surface area contributed by atoms with Gasteiger partial charge in [-0.1, -0.05) is 42.8 Å². The van der Waals surface area contributed by atoms with E-state index in [4.69, 9.17) is 9.47 Å². The van der Waals surface area contributed by atoms with E-state index < -0.39 is 0 Å². The molecular formula is C21H25NO2. The van der Waals surface area contributed by atoms with Crippen molar-refractivity contribution in [3.63, 3.8) is 0 Å². The topological polar surface area (TPSA) is 21.7 Å². The number of rotatable bonds is 3. The Bertz CT molecular complexity index is 686. The molecule has 3 nitrogen and oxygen atoms in total. The normalized spacial score (nSPS) is 23.5. The van der Waals surface area contributed by atoms with Gasteiger partial charge in [-0.25, -0.2) is 0 Å². The number of nitrogens with zero attached hydrogens (tertiary/aromatic N) is 1. The quantitative estimate of drug-likeness (QED) is 0.850. The van der Waals surface area contributed by atoms with Gasteiger partial charge in [0.15, 0.2) is 0 Å². The predicted octanol–water partition coefficient (Wildman–Crippen LogP) is 4.06. The molecule has 0 aliphatic carbocycles. The van der Waals surface area contributed by atoms with E-state index in [1.165, 1.54) is 30.4 Å². The van der Waals surface area contributed by atoms with Gasteiger partial charge < -0.3 is 9.47 Å². The summed E-state index contributed by atoms with van der Waals surface area (Å²) in [6.45, 7) is 2.91. The van der Waals surface area contributed by atoms with Crippen molar-refractivity contribution in [2.45, 2.75) is 37.8 Å². The van der Waals surface area contributed by atoms with Crippen LogP contribution in [0.15, 0.2) is 48.5 Å². The van der Waals surface area contributed by atoms with Gasteiger partial charge in [0.25, 0.3) is 0 Å². The second-order valence-electron chi connectivity index (χ2n) is 6.99. The molecule has 1 fully saturated rings. The van der Waals surface area contributed by atoms with E-state index >= 15 is 0 Å². The molecule has 2 aromatic carbocycles. The van der Waals surface area contributed by atoms with Gasteiger partial charge in [-0.3, -0.25) is 4.90 Å². The summed E-state index contributed by atoms with van der Waals surface area (Å²) < 4.78 is 11.8. The second kappa shape index (κ2) is 6.48. The molecule has 0 bridgehead atoms. The van der Waals surface area contributed by atoms with Gasteiger partial charge in [0.05, 0.1) is 12.6 Å². The molecule has 2 aromatic rings. The number of likely N-dealkylation sites (tertiary alicyclic amines) is 1. The van der Waals surface area contributed by atoms with Crippen LogP contribution in [0.25, 0.3) is 0 Å². The molecule has 2 aliphatic heterocycles. The first-order chi connectivity index (χ1) is 11.8. The summed E-state index contributed by atoms with van der Waals surface area (Å²) in [7, 11) is 1.75. The highest BCUT2D eigenvalue weighted by Gasteiger charge is 2.43. The second-order valence-corrected chi connectivity index (χ2v) is 6.99. The molecule has 24 heavy (non-hydrogen) atoms. The van der Waals surface area contributed by atoms with E-state index in [-0.39, 0.29) is 5.54 Å². The van der Waals surface area contributed by atoms with Gasteiger partial charge in [-0.2, -0.15) is 0 Å². The third-order valence-electron chi connectivity index (χ3n) is 5.52. The number of piperidine rings is 1. The third-order valence-corrected chi connectivity index (χ3v) is 5.52. The molecule has 0 amide bonds. The van der Waals surface area contributed by atoms with Crippen LogP contribution < -0.4 is 9.47 Å². The Kier molecular flexibility index (Phi) is 4.19. The average molecular weight is 323 g/mol. The van der Waals surface area contributed by atoms with E-state index in [0.29, 0.717) is 0 Å². The fraction of sp³-hybridized carbons (Fsp3) is 0.429. The standard InChI is InChI=1S/C21H25NO2/c1-23-19-10-7-11-20-18(19)14-21(16-24-20)12-5-6-13-22(21)15-17-8-3-2-4-9-17/h2-4,7-11H,5-6,12-16H2,1H3. The average Bonchev–Trinajstić information content (AvgIpc) is 2.64. The highest BCUT2D eigenvalue weighted by atomic mass is 16.5. The van der Waals surface area contributed by atoms with Crippen LogP contribution in [0.5, 0.6) is 11.5 Å². The van der Waals surface area contributed by atoms with Crippen molar-refractivity contribution in [3.05, 3.63) is 59.7 Å². The van der Waals surface area contributed by atoms with Crippen LogP contribution in [0.2, 0.25) is 0 Å². The maximum atomic E-state index is 6.21. The molecule has 0 saturated carbocycles. The number of fused-ring (bicyclic) bond motifs is 1. The molecule has 0 N–H and O–H groups in total. The van der Waals surface area contributed by atoms with Gasteiger partial charge in [0.2, 0.25) is 0 Å². The first kappa shape index (κ1) is 15.5. The van der Waals surface area contributed by atoms with Gasteiger partial charge in [0.1, 0.15) is 18.1 Å². The smallest absolute Gasteiger partial charge is 0.126 e. The first-order valence-electron chi connectivity index (χ1n) is 8.88. The maximum absolute atomic E-state index is 6.21. The lowest BCUT2D eigenvalue weighted by Gasteiger charge is -2.49. The minimum absolute atomic E-state index is 0.0930. The molecule has 0 radical (unpaired) electrons. The van der Waals surface area contributed by atoms with Gasteiger partial charge in [-0.15, -0.1) is 0 Å². The van der Waals surface area contributed by atoms with Crippen LogP contribution in [0, 0.1) is 0 Å². The van der Waals surface area contributed by atoms with Crippen molar-refractivity contribution in [1.82, 2.24) is 4.90 Å². The number of hydrogen-bond acceptors (Lipinski definition) is 3. The Hall–Kier alpha value is -2.00. The van der Waals surface area contributed by atoms with Crippen molar-refractivity contribution in [2.75, 3.05) is 20.3 Å². The SMILES string of the molecule is COc1cccc2c1CC1(CCCCN1Cc1ccccc1)CO2. The minimum Gasteiger partial charge on any atom is -0.496 e. The molecule has 1 atom stereocenters. The van der Waals surface area contributed by atoms with Crippen LogP contribution in [0.1, 0.15) is 30.4 Å². The summed E-state index contributed by atoms with van der Waals surface area (Å²) in [5.41, 5.74) is 2.70. The van der Waals surface area contributed by atoms with E-state index in [1.807, 2.05) is 12.1 Å². The minimum atomic E-state index is 0.0930. The van der Waals surface area contributed by atoms with Crippen molar-refractivity contribution in [3.8, 4) is 11.5 Å². The van der Waals surface area contributed by atoms with E-state index in [0.717, 1.165) is 37.6 Å². The fourth-order valence-electron chi connectivity index (χ4n) is 4.20. The molecule has 1 saturated heterocycles. The molecule has 4 rings (SSSR count). The van der Waals surface area contributed by atoms with E-state index in [2.05, 4.69) is 41.3 Å². The lowest BCUT2D eigenvalue weighted by Crippen LogP contribution is -2.58. The maximum Gasteiger partial charge on any atom is 0.126 e. The molecule has 2 heterocycles. The van der Waals surface area contributed by atoms with Crippen LogP contribution in [0.3, 0.4) is 0 Å². The highest BCUT2D eigenvalue weighted by Crippen LogP contribution is 2.42. The van der Waals surface area contributed by atoms with Crippen LogP contribution in [-0.4, -0.2) is 30.7 Å². The number of ether oxygens (including phenoxy) is 2. The molecular weight excluding hydrogens is 298 g/mol. The number of methoxy groups -OCH3 is 1. The Balaban J connectivity index is 1.64. The van der Waals surface area contributed by atoms with E-state index in [9.17, 15) is 0 Å². The first-order valence-corrected chi connectivity index (χ1v) is 8.88. The Morgan fingerprint density at radius 3 is 2.79 bits per heavy atom. The third kappa shape index (κ3) is 2.78. The van der Waals surface area contributed by atoms with Crippen molar-refractivity contribution in [1.29, 1.82) is 0 Å². The Morgan fingerprint density at radius 1 is 1.08 bits per heavy atom. The Morgan fingerprint density at radius 2 is 1.96 bits per heavy atom. The molecule has 2 aliphatic rings. The zero-order chi connectivity index (χ0) is 16.4. The highest BCUT2D eigenvalue weighted by molar-refractivity contribution is 5.47. The summed E-state index contributed by atoms with van der Waals surface area (Å²) in [6.07, 6.45) is 4.75. The lowest BCUT2D eigenvalue weighted by molar-refractivity contribution is -0.0103.